The summed E-state index contributed by atoms with van der Waals surface area (Å²) >= 11 is 1.74. The van der Waals surface area contributed by atoms with Gasteiger partial charge in [-0.1, -0.05) is 0 Å². The minimum atomic E-state index is -0.931. The number of rotatable bonds is 5. The Morgan fingerprint density at radius 1 is 1.56 bits per heavy atom. The summed E-state index contributed by atoms with van der Waals surface area (Å²) < 4.78 is 0. The van der Waals surface area contributed by atoms with Crippen molar-refractivity contribution in [1.29, 1.82) is 0 Å². The fourth-order valence-electron chi connectivity index (χ4n) is 1.36. The Balaban J connectivity index is 2.92. The summed E-state index contributed by atoms with van der Waals surface area (Å²) in [6.07, 6.45) is 2.03. The lowest BCUT2D eigenvalue weighted by Gasteiger charge is -2.21. The van der Waals surface area contributed by atoms with E-state index in [-0.39, 0.29) is 5.56 Å². The van der Waals surface area contributed by atoms with E-state index < -0.39 is 5.97 Å². The van der Waals surface area contributed by atoms with Crippen LogP contribution in [-0.4, -0.2) is 36.7 Å². The van der Waals surface area contributed by atoms with Crippen molar-refractivity contribution in [2.75, 3.05) is 36.2 Å². The molecule has 0 unspecified atom stereocenters. The number of nitrogens with two attached hydrogens (primary N) is 1. The lowest BCUT2D eigenvalue weighted by molar-refractivity contribution is 0.0697. The zero-order valence-electron chi connectivity index (χ0n) is 9.43. The van der Waals surface area contributed by atoms with E-state index in [4.69, 9.17) is 10.8 Å². The van der Waals surface area contributed by atoms with Crippen molar-refractivity contribution in [2.24, 2.45) is 0 Å². The molecule has 0 fully saturated rings. The third kappa shape index (κ3) is 3.06. The molecule has 1 aromatic rings. The highest BCUT2D eigenvalue weighted by Gasteiger charge is 2.09. The van der Waals surface area contributed by atoms with Crippen LogP contribution < -0.4 is 10.6 Å². The lowest BCUT2D eigenvalue weighted by Crippen LogP contribution is -2.21. The SMILES string of the molecule is CSCCN(C)c1cc(C(=O)O)ccc1N. The summed E-state index contributed by atoms with van der Waals surface area (Å²) in [5.74, 6) is 0.0484. The average molecular weight is 240 g/mol. The molecule has 0 atom stereocenters. The molecule has 0 radical (unpaired) electrons. The molecule has 0 aliphatic heterocycles. The molecule has 4 nitrogen and oxygen atoms in total. The van der Waals surface area contributed by atoms with E-state index in [1.165, 1.54) is 6.07 Å². The zero-order valence-corrected chi connectivity index (χ0v) is 10.3. The highest BCUT2D eigenvalue weighted by molar-refractivity contribution is 7.98. The quantitative estimate of drug-likeness (QED) is 0.768. The van der Waals surface area contributed by atoms with Crippen LogP contribution in [0.15, 0.2) is 18.2 Å². The monoisotopic (exact) mass is 240 g/mol. The summed E-state index contributed by atoms with van der Waals surface area (Å²) in [6.45, 7) is 0.842. The number of carboxylic acids is 1. The maximum Gasteiger partial charge on any atom is 0.335 e. The maximum absolute atomic E-state index is 10.8. The van der Waals surface area contributed by atoms with Gasteiger partial charge in [-0.3, -0.25) is 0 Å². The molecule has 3 N–H and O–H groups in total. The van der Waals surface area contributed by atoms with Crippen LogP contribution in [0, 0.1) is 0 Å². The van der Waals surface area contributed by atoms with Crippen molar-refractivity contribution in [2.45, 2.75) is 0 Å². The minimum absolute atomic E-state index is 0.264. The molecular weight excluding hydrogens is 224 g/mol. The lowest BCUT2D eigenvalue weighted by atomic mass is 10.1. The van der Waals surface area contributed by atoms with Gasteiger partial charge in [0.15, 0.2) is 0 Å². The van der Waals surface area contributed by atoms with Crippen LogP contribution in [0.2, 0.25) is 0 Å². The molecule has 0 heterocycles. The van der Waals surface area contributed by atoms with E-state index in [1.807, 2.05) is 18.2 Å². The van der Waals surface area contributed by atoms with Crippen molar-refractivity contribution in [3.05, 3.63) is 23.8 Å². The van der Waals surface area contributed by atoms with Gasteiger partial charge in [0, 0.05) is 19.3 Å². The highest BCUT2D eigenvalue weighted by atomic mass is 32.2. The maximum atomic E-state index is 10.8. The average Bonchev–Trinajstić information content (AvgIpc) is 2.26. The van der Waals surface area contributed by atoms with E-state index in [1.54, 1.807) is 23.9 Å². The molecule has 0 aromatic heterocycles. The number of carbonyl (C=O) groups is 1. The Bertz CT molecular complexity index is 382. The second-order valence-corrected chi connectivity index (χ2v) is 4.48. The van der Waals surface area contributed by atoms with Crippen LogP contribution in [0.1, 0.15) is 10.4 Å². The Labute approximate surface area is 99.4 Å². The number of hydrogen-bond acceptors (Lipinski definition) is 4. The number of hydrogen-bond donors (Lipinski definition) is 2. The largest absolute Gasteiger partial charge is 0.478 e. The van der Waals surface area contributed by atoms with Crippen molar-refractivity contribution in [3.63, 3.8) is 0 Å². The molecule has 0 aliphatic carbocycles. The first-order chi connectivity index (χ1) is 7.56. The second-order valence-electron chi connectivity index (χ2n) is 3.49. The number of carboxylic acid groups (broad SMARTS) is 1. The van der Waals surface area contributed by atoms with Crippen LogP contribution in [-0.2, 0) is 0 Å². The fraction of sp³-hybridized carbons (Fsp3) is 0.364. The smallest absolute Gasteiger partial charge is 0.335 e. The van der Waals surface area contributed by atoms with E-state index >= 15 is 0 Å². The summed E-state index contributed by atoms with van der Waals surface area (Å²) in [5, 5.41) is 8.89. The van der Waals surface area contributed by atoms with Gasteiger partial charge in [-0.15, -0.1) is 0 Å². The highest BCUT2D eigenvalue weighted by Crippen LogP contribution is 2.23. The second kappa shape index (κ2) is 5.65. The van der Waals surface area contributed by atoms with E-state index in [2.05, 4.69) is 0 Å². The number of benzene rings is 1. The molecule has 88 valence electrons. The fourth-order valence-corrected chi connectivity index (χ4v) is 1.81. The van der Waals surface area contributed by atoms with Gasteiger partial charge in [-0.05, 0) is 24.5 Å². The number of anilines is 2. The van der Waals surface area contributed by atoms with Crippen LogP contribution in [0.5, 0.6) is 0 Å². The number of thioether (sulfide) groups is 1. The summed E-state index contributed by atoms with van der Waals surface area (Å²) in [7, 11) is 1.91. The minimum Gasteiger partial charge on any atom is -0.478 e. The van der Waals surface area contributed by atoms with Crippen LogP contribution in [0.4, 0.5) is 11.4 Å². The van der Waals surface area contributed by atoms with E-state index in [0.29, 0.717) is 5.69 Å². The summed E-state index contributed by atoms with van der Waals surface area (Å²) in [4.78, 5) is 12.8. The summed E-state index contributed by atoms with van der Waals surface area (Å²) in [5.41, 5.74) is 7.46. The van der Waals surface area contributed by atoms with E-state index in [9.17, 15) is 4.79 Å². The molecular formula is C11H16N2O2S. The number of nitrogens with zero attached hydrogens (tertiary/aromatic N) is 1. The Morgan fingerprint density at radius 3 is 2.81 bits per heavy atom. The summed E-state index contributed by atoms with van der Waals surface area (Å²) in [6, 6.07) is 4.76. The molecule has 0 spiro atoms. The van der Waals surface area contributed by atoms with E-state index in [0.717, 1.165) is 18.0 Å². The molecule has 0 saturated carbocycles. The number of aromatic carboxylic acids is 1. The molecule has 5 heteroatoms. The van der Waals surface area contributed by atoms with Crippen LogP contribution >= 0.6 is 11.8 Å². The molecule has 1 aromatic carbocycles. The molecule has 0 amide bonds. The molecule has 0 bridgehead atoms. The van der Waals surface area contributed by atoms with Crippen molar-refractivity contribution in [3.8, 4) is 0 Å². The van der Waals surface area contributed by atoms with Gasteiger partial charge in [0.2, 0.25) is 0 Å². The van der Waals surface area contributed by atoms with Crippen molar-refractivity contribution >= 4 is 29.1 Å². The van der Waals surface area contributed by atoms with Crippen LogP contribution in [0.25, 0.3) is 0 Å². The zero-order chi connectivity index (χ0) is 12.1. The first-order valence-corrected chi connectivity index (χ1v) is 6.28. The Hall–Kier alpha value is -1.36. The van der Waals surface area contributed by atoms with Gasteiger partial charge in [0.1, 0.15) is 0 Å². The normalized spacial score (nSPS) is 10.1. The standard InChI is InChI=1S/C11H16N2O2S/c1-13(5-6-16-2)10-7-8(11(14)15)3-4-9(10)12/h3-4,7H,5-6,12H2,1-2H3,(H,14,15). The first-order valence-electron chi connectivity index (χ1n) is 4.89. The molecule has 0 aliphatic rings. The van der Waals surface area contributed by atoms with Gasteiger partial charge in [-0.2, -0.15) is 11.8 Å². The Kier molecular flexibility index (Phi) is 4.49. The van der Waals surface area contributed by atoms with Crippen molar-refractivity contribution in [1.82, 2.24) is 0 Å². The van der Waals surface area contributed by atoms with Gasteiger partial charge in [0.05, 0.1) is 16.9 Å². The van der Waals surface area contributed by atoms with Crippen molar-refractivity contribution < 1.29 is 9.90 Å². The van der Waals surface area contributed by atoms with Gasteiger partial charge < -0.3 is 15.7 Å². The molecule has 1 rings (SSSR count). The van der Waals surface area contributed by atoms with Crippen LogP contribution in [0.3, 0.4) is 0 Å². The molecule has 0 saturated heterocycles. The number of nitrogen functional groups attached to an aromatic ring is 1. The first kappa shape index (κ1) is 12.7. The van der Waals surface area contributed by atoms with Gasteiger partial charge in [-0.25, -0.2) is 4.79 Å². The third-order valence-electron chi connectivity index (χ3n) is 2.32. The third-order valence-corrected chi connectivity index (χ3v) is 2.91. The van der Waals surface area contributed by atoms with Gasteiger partial charge in [0.25, 0.3) is 0 Å². The molecule has 16 heavy (non-hydrogen) atoms. The predicted octanol–water partition coefficient (Wildman–Crippen LogP) is 1.77. The van der Waals surface area contributed by atoms with Gasteiger partial charge >= 0.3 is 5.97 Å². The predicted molar refractivity (Wildman–Crippen MR) is 69.5 cm³/mol. The topological polar surface area (TPSA) is 66.6 Å². The Morgan fingerprint density at radius 2 is 2.25 bits per heavy atom.